The van der Waals surface area contributed by atoms with E-state index in [4.69, 9.17) is 4.74 Å². The van der Waals surface area contributed by atoms with Gasteiger partial charge in [-0.25, -0.2) is 0 Å². The topological polar surface area (TPSA) is 161 Å². The minimum atomic E-state index is -4.98. The number of hydrogen-bond donors (Lipinski definition) is 4. The molecule has 0 aliphatic heterocycles. The fourth-order valence-electron chi connectivity index (χ4n) is 3.76. The largest absolute Gasteiger partial charge is 0.435 e. The van der Waals surface area contributed by atoms with Gasteiger partial charge < -0.3 is 26.0 Å². The lowest BCUT2D eigenvalue weighted by Crippen LogP contribution is -2.57. The van der Waals surface area contributed by atoms with Gasteiger partial charge in [-0.2, -0.15) is 36.5 Å². The number of nitrogens with one attached hydrogen (secondary N) is 4. The van der Waals surface area contributed by atoms with E-state index in [1.165, 1.54) is 27.9 Å². The second kappa shape index (κ2) is 12.6. The third kappa shape index (κ3) is 7.95. The summed E-state index contributed by atoms with van der Waals surface area (Å²) in [7, 11) is 4.68. The van der Waals surface area contributed by atoms with Crippen LogP contribution in [-0.2, 0) is 40.8 Å². The van der Waals surface area contributed by atoms with E-state index in [9.17, 15) is 45.5 Å². The van der Waals surface area contributed by atoms with Crippen LogP contribution in [0, 0.1) is 0 Å². The van der Waals surface area contributed by atoms with Gasteiger partial charge in [0.1, 0.15) is 12.1 Å². The standard InChI is InChI=1S/C22H28F6N8O5/c1-9(13(19(39)29-3)31-17(37)11-7-35(5)33-15(11)21(23,24)25)41-10(2)14(20(40)30-4)32-18(38)12-8-36(6)34-16(12)22(26,27)28/h7-10,13-14H,1-6H3,(H,29,39)(H,30,40)(H,31,37)(H,32,38). The highest BCUT2D eigenvalue weighted by molar-refractivity contribution is 5.99. The van der Waals surface area contributed by atoms with E-state index in [1.807, 2.05) is 0 Å². The van der Waals surface area contributed by atoms with Gasteiger partial charge >= 0.3 is 12.4 Å². The molecule has 0 fully saturated rings. The summed E-state index contributed by atoms with van der Waals surface area (Å²) in [6.07, 6.45) is -11.0. The first-order valence-corrected chi connectivity index (χ1v) is 11.7. The molecule has 41 heavy (non-hydrogen) atoms. The van der Waals surface area contributed by atoms with E-state index in [1.54, 1.807) is 0 Å². The number of carbonyl (C=O) groups excluding carboxylic acids is 4. The van der Waals surface area contributed by atoms with Gasteiger partial charge in [0.15, 0.2) is 11.4 Å². The van der Waals surface area contributed by atoms with Crippen molar-refractivity contribution in [1.29, 1.82) is 0 Å². The van der Waals surface area contributed by atoms with Gasteiger partial charge in [-0.15, -0.1) is 0 Å². The number of aryl methyl sites for hydroxylation is 2. The first-order chi connectivity index (χ1) is 18.8. The quantitative estimate of drug-likeness (QED) is 0.288. The molecule has 4 unspecified atom stereocenters. The highest BCUT2D eigenvalue weighted by Crippen LogP contribution is 2.31. The Morgan fingerprint density at radius 1 is 0.732 bits per heavy atom. The molecule has 0 saturated heterocycles. The Morgan fingerprint density at radius 3 is 1.32 bits per heavy atom. The molecule has 0 aliphatic rings. The minimum Gasteiger partial charge on any atom is -0.370 e. The zero-order valence-electron chi connectivity index (χ0n) is 22.6. The smallest absolute Gasteiger partial charge is 0.370 e. The van der Waals surface area contributed by atoms with Gasteiger partial charge in [0.2, 0.25) is 11.8 Å². The molecule has 19 heteroatoms. The average molecular weight is 599 g/mol. The summed E-state index contributed by atoms with van der Waals surface area (Å²) in [5, 5.41) is 15.2. The summed E-state index contributed by atoms with van der Waals surface area (Å²) in [4.78, 5) is 50.5. The lowest BCUT2D eigenvalue weighted by Gasteiger charge is -2.30. The predicted molar refractivity (Wildman–Crippen MR) is 127 cm³/mol. The maximum absolute atomic E-state index is 13.3. The maximum atomic E-state index is 13.3. The van der Waals surface area contributed by atoms with Crippen molar-refractivity contribution in [3.63, 3.8) is 0 Å². The van der Waals surface area contributed by atoms with Crippen LogP contribution in [0.5, 0.6) is 0 Å². The van der Waals surface area contributed by atoms with E-state index in [0.717, 1.165) is 35.9 Å². The molecule has 0 aromatic carbocycles. The zero-order chi connectivity index (χ0) is 31.4. The number of rotatable bonds is 10. The molecule has 0 aliphatic carbocycles. The molecule has 2 aromatic rings. The number of hydrogen-bond acceptors (Lipinski definition) is 7. The molecule has 0 spiro atoms. The van der Waals surface area contributed by atoms with Crippen LogP contribution in [0.3, 0.4) is 0 Å². The van der Waals surface area contributed by atoms with Crippen LogP contribution in [0.1, 0.15) is 46.0 Å². The molecule has 4 amide bonds. The van der Waals surface area contributed by atoms with Gasteiger partial charge in [0.05, 0.1) is 23.3 Å². The van der Waals surface area contributed by atoms with Gasteiger partial charge in [-0.3, -0.25) is 28.5 Å². The van der Waals surface area contributed by atoms with Crippen LogP contribution >= 0.6 is 0 Å². The summed E-state index contributed by atoms with van der Waals surface area (Å²) in [5.74, 6) is -4.40. The van der Waals surface area contributed by atoms with Crippen molar-refractivity contribution in [3.8, 4) is 0 Å². The Bertz CT molecular complexity index is 1190. The second-order valence-electron chi connectivity index (χ2n) is 8.80. The monoisotopic (exact) mass is 598 g/mol. The van der Waals surface area contributed by atoms with Crippen molar-refractivity contribution in [2.45, 2.75) is 50.5 Å². The normalized spacial score (nSPS) is 14.9. The van der Waals surface area contributed by atoms with E-state index in [-0.39, 0.29) is 0 Å². The number of likely N-dealkylation sites (N-methyl/N-ethyl adjacent to an activating group) is 2. The van der Waals surface area contributed by atoms with Gasteiger partial charge in [0.25, 0.3) is 11.8 Å². The molecule has 0 bridgehead atoms. The molecule has 0 radical (unpaired) electrons. The molecule has 228 valence electrons. The SMILES string of the molecule is CNC(=O)C(NC(=O)c1cn(C)nc1C(F)(F)F)C(C)OC(C)C(NC(=O)c1cn(C)nc1C(F)(F)F)C(=O)NC. The highest BCUT2D eigenvalue weighted by atomic mass is 19.4. The third-order valence-corrected chi connectivity index (χ3v) is 5.68. The fourth-order valence-corrected chi connectivity index (χ4v) is 3.76. The molecular weight excluding hydrogens is 570 g/mol. The van der Waals surface area contributed by atoms with Crippen LogP contribution in [-0.4, -0.2) is 81.6 Å². The molecule has 0 saturated carbocycles. The Balaban J connectivity index is 2.30. The van der Waals surface area contributed by atoms with Crippen LogP contribution in [0.25, 0.3) is 0 Å². The number of alkyl halides is 6. The van der Waals surface area contributed by atoms with Crippen LogP contribution in [0.15, 0.2) is 12.4 Å². The second-order valence-corrected chi connectivity index (χ2v) is 8.80. The number of amides is 4. The minimum absolute atomic E-state index is 0.762. The number of halogens is 6. The lowest BCUT2D eigenvalue weighted by molar-refractivity contribution is -0.142. The van der Waals surface area contributed by atoms with Crippen molar-refractivity contribution in [2.24, 2.45) is 14.1 Å². The molecule has 2 aromatic heterocycles. The Kier molecular flexibility index (Phi) is 10.1. The number of ether oxygens (including phenoxy) is 1. The van der Waals surface area contributed by atoms with E-state index in [2.05, 4.69) is 31.5 Å². The number of aromatic nitrogens is 4. The number of nitrogens with zero attached hydrogens (tertiary/aromatic N) is 4. The molecule has 4 atom stereocenters. The van der Waals surface area contributed by atoms with Crippen LogP contribution in [0.4, 0.5) is 26.3 Å². The van der Waals surface area contributed by atoms with Gasteiger partial charge in [-0.05, 0) is 13.8 Å². The van der Waals surface area contributed by atoms with Crippen molar-refractivity contribution in [3.05, 3.63) is 34.9 Å². The van der Waals surface area contributed by atoms with E-state index in [0.29, 0.717) is 0 Å². The molecule has 2 heterocycles. The van der Waals surface area contributed by atoms with Crippen molar-refractivity contribution in [2.75, 3.05) is 14.1 Å². The number of carbonyl (C=O) groups is 4. The average Bonchev–Trinajstić information content (AvgIpc) is 3.47. The third-order valence-electron chi connectivity index (χ3n) is 5.68. The van der Waals surface area contributed by atoms with Crippen molar-refractivity contribution < 1.29 is 50.3 Å². The summed E-state index contributed by atoms with van der Waals surface area (Å²) >= 11 is 0. The maximum Gasteiger partial charge on any atom is 0.435 e. The molecule has 2 rings (SSSR count). The van der Waals surface area contributed by atoms with Crippen LogP contribution in [0.2, 0.25) is 0 Å². The fraction of sp³-hybridized carbons (Fsp3) is 0.545. The Hall–Kier alpha value is -4.16. The van der Waals surface area contributed by atoms with E-state index < -0.39 is 82.8 Å². The first-order valence-electron chi connectivity index (χ1n) is 11.7. The Morgan fingerprint density at radius 2 is 1.05 bits per heavy atom. The molecular formula is C22H28F6N8O5. The highest BCUT2D eigenvalue weighted by Gasteiger charge is 2.42. The van der Waals surface area contributed by atoms with Crippen LogP contribution < -0.4 is 21.3 Å². The summed E-state index contributed by atoms with van der Waals surface area (Å²) in [6.45, 7) is 2.49. The van der Waals surface area contributed by atoms with Crippen molar-refractivity contribution in [1.82, 2.24) is 40.8 Å². The van der Waals surface area contributed by atoms with E-state index >= 15 is 0 Å². The lowest BCUT2D eigenvalue weighted by atomic mass is 10.1. The first kappa shape index (κ1) is 33.0. The molecule has 13 nitrogen and oxygen atoms in total. The Labute approximate surface area is 228 Å². The molecule has 4 N–H and O–H groups in total. The predicted octanol–water partition coefficient (Wildman–Crippen LogP) is 0.374. The zero-order valence-corrected chi connectivity index (χ0v) is 22.6. The van der Waals surface area contributed by atoms with Crippen molar-refractivity contribution >= 4 is 23.6 Å². The van der Waals surface area contributed by atoms with Gasteiger partial charge in [-0.1, -0.05) is 0 Å². The van der Waals surface area contributed by atoms with Gasteiger partial charge in [0, 0.05) is 40.6 Å². The summed E-state index contributed by atoms with van der Waals surface area (Å²) in [6, 6.07) is -3.24. The summed E-state index contributed by atoms with van der Waals surface area (Å²) in [5.41, 5.74) is -4.74. The summed E-state index contributed by atoms with van der Waals surface area (Å²) < 4.78 is 87.2.